The summed E-state index contributed by atoms with van der Waals surface area (Å²) in [5, 5.41) is 21.8. The Bertz CT molecular complexity index is 2760. The van der Waals surface area contributed by atoms with E-state index in [-0.39, 0.29) is 67.7 Å². The number of nitrogens with one attached hydrogen (secondary N) is 1. The topological polar surface area (TPSA) is 278 Å². The largest absolute Gasteiger partial charge is 0.571 e. The molecule has 0 fully saturated rings. The van der Waals surface area contributed by atoms with E-state index in [0.717, 1.165) is 34.5 Å². The van der Waals surface area contributed by atoms with Crippen LogP contribution in [-0.2, 0) is 20.2 Å². The number of nitrogen functional groups attached to an aromatic ring is 1. The highest BCUT2D eigenvalue weighted by atomic mass is 32.2. The lowest BCUT2D eigenvalue weighted by molar-refractivity contribution is -0.384. The number of aromatic nitrogens is 2. The first-order chi connectivity index (χ1) is 26.1. The molecule has 0 saturated heterocycles. The molecule has 0 aliphatic carbocycles. The Morgan fingerprint density at radius 2 is 1.58 bits per heavy atom. The number of aryl methyl sites for hydroxylation is 1. The number of hydrazine groups is 1. The van der Waals surface area contributed by atoms with Gasteiger partial charge < -0.3 is 45.8 Å². The SMILES string of the molecule is COc1cc(S(=O)(=O)O)c2ccccc2c1[N-]N1c2c(n[nH]c2C)OCOc2ccc([N+](=O)[O-])cc2N1[N-]c1c(S(=O)(=O)O)cc2ccc(N)cc2c1OC. The van der Waals surface area contributed by atoms with Crippen molar-refractivity contribution in [3.63, 3.8) is 0 Å². The van der Waals surface area contributed by atoms with Crippen LogP contribution in [0.5, 0.6) is 23.1 Å². The molecule has 0 radical (unpaired) electrons. The molecule has 55 heavy (non-hydrogen) atoms. The van der Waals surface area contributed by atoms with E-state index < -0.39 is 53.1 Å². The van der Waals surface area contributed by atoms with E-state index in [1.54, 1.807) is 13.0 Å². The minimum atomic E-state index is -5.10. The number of hydrogen-bond acceptors (Lipinski definition) is 14. The van der Waals surface area contributed by atoms with Gasteiger partial charge in [-0.1, -0.05) is 41.7 Å². The van der Waals surface area contributed by atoms with Crippen LogP contribution < -0.4 is 34.9 Å². The maximum absolute atomic E-state index is 13.1. The maximum Gasteiger partial charge on any atom is 0.295 e. The second kappa shape index (κ2) is 13.6. The molecule has 0 unspecified atom stereocenters. The van der Waals surface area contributed by atoms with Crippen molar-refractivity contribution < 1.29 is 49.8 Å². The number of benzene rings is 5. The highest BCUT2D eigenvalue weighted by Gasteiger charge is 2.27. The number of nitro groups is 1. The van der Waals surface area contributed by atoms with Gasteiger partial charge in [-0.05, 0) is 42.0 Å². The molecule has 7 rings (SSSR count). The van der Waals surface area contributed by atoms with Crippen molar-refractivity contribution >= 4 is 75.9 Å². The number of non-ortho nitro benzene ring substituents is 1. The third-order valence-electron chi connectivity index (χ3n) is 8.41. The van der Waals surface area contributed by atoms with Crippen LogP contribution in [0.25, 0.3) is 32.4 Å². The minimum absolute atomic E-state index is 0.00546. The van der Waals surface area contributed by atoms with Gasteiger partial charge in [0.05, 0.1) is 35.4 Å². The molecule has 6 aromatic rings. The van der Waals surface area contributed by atoms with E-state index in [4.69, 9.17) is 35.5 Å². The molecule has 22 heteroatoms. The lowest BCUT2D eigenvalue weighted by Crippen LogP contribution is -2.36. The van der Waals surface area contributed by atoms with E-state index in [2.05, 4.69) is 10.2 Å². The van der Waals surface area contributed by atoms with Crippen LogP contribution in [0, 0.1) is 17.0 Å². The molecule has 0 atom stereocenters. The summed E-state index contributed by atoms with van der Waals surface area (Å²) in [6.45, 7) is 1.08. The summed E-state index contributed by atoms with van der Waals surface area (Å²) < 4.78 is 95.0. The summed E-state index contributed by atoms with van der Waals surface area (Å²) in [6, 6.07) is 16.2. The number of ether oxygens (including phenoxy) is 4. The number of hydrogen-bond donors (Lipinski definition) is 4. The quantitative estimate of drug-likeness (QED) is 0.0547. The van der Waals surface area contributed by atoms with Crippen molar-refractivity contribution in [2.75, 3.05) is 37.0 Å². The van der Waals surface area contributed by atoms with Gasteiger partial charge >= 0.3 is 0 Å². The van der Waals surface area contributed by atoms with Crippen molar-refractivity contribution in [2.24, 2.45) is 0 Å². The zero-order chi connectivity index (χ0) is 39.4. The second-order valence-corrected chi connectivity index (χ2v) is 14.5. The maximum atomic E-state index is 13.1. The fraction of sp³-hybridized carbons (Fsp3) is 0.121. The number of aromatic amines is 1. The van der Waals surface area contributed by atoms with Crippen molar-refractivity contribution in [3.8, 4) is 23.1 Å². The van der Waals surface area contributed by atoms with Gasteiger partial charge in [-0.3, -0.25) is 24.3 Å². The molecule has 1 aromatic heterocycles. The fourth-order valence-electron chi connectivity index (χ4n) is 5.98. The number of H-pyrrole nitrogens is 1. The lowest BCUT2D eigenvalue weighted by atomic mass is 10.1. The standard InChI is InChI=1S/C33H28N8O12S2/c1-17-31-33(36-35-17)53-16-52-25-11-10-20(41(42)43)14-24(25)39(38-30-28(55(47,48)49)12-18-8-9-19(34)13-23(18)32(30)51-3)40(31)37-29-22-7-5-4-6-21(22)27(54(44,45)46)15-26(29)50-2/h4-15H,16,34H2,1-3H3,(H,35,36)(H,44,45,46)(H,47,48,49)/q-2. The number of nitro benzene ring substituents is 1. The lowest BCUT2D eigenvalue weighted by Gasteiger charge is -2.56. The molecule has 0 amide bonds. The van der Waals surface area contributed by atoms with E-state index in [0.29, 0.717) is 5.39 Å². The van der Waals surface area contributed by atoms with Crippen LogP contribution in [0.1, 0.15) is 5.69 Å². The van der Waals surface area contributed by atoms with Gasteiger partial charge in [0.1, 0.15) is 27.8 Å². The Morgan fingerprint density at radius 3 is 2.25 bits per heavy atom. The number of rotatable bonds is 9. The molecule has 2 heterocycles. The minimum Gasteiger partial charge on any atom is -0.571 e. The van der Waals surface area contributed by atoms with Gasteiger partial charge in [-0.2, -0.15) is 16.8 Å². The normalized spacial score (nSPS) is 13.1. The molecular weight excluding hydrogens is 765 g/mol. The molecule has 0 saturated carbocycles. The highest BCUT2D eigenvalue weighted by Crippen LogP contribution is 2.52. The van der Waals surface area contributed by atoms with Crippen LogP contribution in [0.2, 0.25) is 0 Å². The molecule has 20 nitrogen and oxygen atoms in total. The number of methoxy groups -OCH3 is 2. The van der Waals surface area contributed by atoms with Crippen molar-refractivity contribution in [1.82, 2.24) is 10.2 Å². The third-order valence-corrected chi connectivity index (χ3v) is 10.2. The van der Waals surface area contributed by atoms with Crippen LogP contribution in [-0.4, -0.2) is 62.1 Å². The molecule has 1 aliphatic rings. The summed E-state index contributed by atoms with van der Waals surface area (Å²) in [6.07, 6.45) is 0. The number of nitrogens with two attached hydrogens (primary N) is 1. The first-order valence-electron chi connectivity index (χ1n) is 15.7. The summed E-state index contributed by atoms with van der Waals surface area (Å²) in [5.41, 5.74) is 14.9. The molecule has 5 aromatic carbocycles. The van der Waals surface area contributed by atoms with Gasteiger partial charge in [0, 0.05) is 34.7 Å². The van der Waals surface area contributed by atoms with Crippen molar-refractivity contribution in [3.05, 3.63) is 99.5 Å². The molecule has 286 valence electrons. The zero-order valence-electron chi connectivity index (χ0n) is 28.7. The van der Waals surface area contributed by atoms with Gasteiger partial charge in [0.25, 0.3) is 31.8 Å². The van der Waals surface area contributed by atoms with Gasteiger partial charge in [-0.15, -0.1) is 5.10 Å². The van der Waals surface area contributed by atoms with Crippen LogP contribution in [0.4, 0.5) is 34.1 Å². The smallest absolute Gasteiger partial charge is 0.295 e. The molecule has 5 N–H and O–H groups in total. The summed E-state index contributed by atoms with van der Waals surface area (Å²) in [4.78, 5) is 10.2. The Balaban J connectivity index is 1.59. The van der Waals surface area contributed by atoms with Gasteiger partial charge in [-0.25, -0.2) is 0 Å². The Labute approximate surface area is 311 Å². The third kappa shape index (κ3) is 6.58. The van der Waals surface area contributed by atoms with Gasteiger partial charge in [0.15, 0.2) is 0 Å². The van der Waals surface area contributed by atoms with E-state index in [9.17, 15) is 36.1 Å². The van der Waals surface area contributed by atoms with Crippen LogP contribution in [0.3, 0.4) is 0 Å². The molecule has 0 bridgehead atoms. The van der Waals surface area contributed by atoms with Crippen LogP contribution >= 0.6 is 0 Å². The Morgan fingerprint density at radius 1 is 0.873 bits per heavy atom. The zero-order valence-corrected chi connectivity index (χ0v) is 30.3. The summed E-state index contributed by atoms with van der Waals surface area (Å²) in [5.74, 6) is -0.596. The predicted octanol–water partition coefficient (Wildman–Crippen LogP) is 6.22. The molecule has 1 aliphatic heterocycles. The summed E-state index contributed by atoms with van der Waals surface area (Å²) in [7, 11) is -7.45. The Hall–Kier alpha value is -6.75. The molecular formula is C33H28N8O12S2-2. The van der Waals surface area contributed by atoms with E-state index in [1.165, 1.54) is 56.7 Å². The van der Waals surface area contributed by atoms with E-state index in [1.807, 2.05) is 0 Å². The van der Waals surface area contributed by atoms with Crippen molar-refractivity contribution in [2.45, 2.75) is 16.7 Å². The van der Waals surface area contributed by atoms with Crippen LogP contribution in [0.15, 0.2) is 82.6 Å². The second-order valence-electron chi connectivity index (χ2n) is 11.8. The fourth-order valence-corrected chi connectivity index (χ4v) is 7.34. The first kappa shape index (κ1) is 36.6. The monoisotopic (exact) mass is 792 g/mol. The van der Waals surface area contributed by atoms with E-state index >= 15 is 0 Å². The predicted molar refractivity (Wildman–Crippen MR) is 199 cm³/mol. The molecule has 0 spiro atoms. The number of fused-ring (bicyclic) bond motifs is 4. The summed E-state index contributed by atoms with van der Waals surface area (Å²) >= 11 is 0. The first-order valence-corrected chi connectivity index (χ1v) is 18.6. The Kier molecular flexibility index (Phi) is 9.04. The van der Waals surface area contributed by atoms with Gasteiger partial charge in [0.2, 0.25) is 6.79 Å². The number of anilines is 3. The highest BCUT2D eigenvalue weighted by molar-refractivity contribution is 7.86. The average molecular weight is 793 g/mol. The average Bonchev–Trinajstić information content (AvgIpc) is 3.52. The van der Waals surface area contributed by atoms with Crippen molar-refractivity contribution in [1.29, 1.82) is 0 Å². The number of nitrogens with zero attached hydrogens (tertiary/aromatic N) is 6.